The quantitative estimate of drug-likeness (QED) is 0.628. The van der Waals surface area contributed by atoms with Crippen molar-refractivity contribution in [3.63, 3.8) is 0 Å². The number of carbonyl (C=O) groups excluding carboxylic acids is 2. The third-order valence-corrected chi connectivity index (χ3v) is 3.38. The first-order chi connectivity index (χ1) is 11.6. The van der Waals surface area contributed by atoms with E-state index in [2.05, 4.69) is 5.32 Å². The maximum absolute atomic E-state index is 11.7. The van der Waals surface area contributed by atoms with E-state index in [1.54, 1.807) is 6.08 Å². The number of ether oxygens (including phenoxy) is 1. The Kier molecular flexibility index (Phi) is 6.77. The highest BCUT2D eigenvalue weighted by molar-refractivity contribution is 5.91. The number of amides is 1. The predicted molar refractivity (Wildman–Crippen MR) is 94.1 cm³/mol. The summed E-state index contributed by atoms with van der Waals surface area (Å²) in [7, 11) is 0. The van der Waals surface area contributed by atoms with Crippen LogP contribution in [0, 0.1) is 6.92 Å². The lowest BCUT2D eigenvalue weighted by atomic mass is 10.2. The minimum atomic E-state index is -0.331. The van der Waals surface area contributed by atoms with Crippen molar-refractivity contribution >= 4 is 18.0 Å². The molecule has 0 unspecified atom stereocenters. The van der Waals surface area contributed by atoms with Gasteiger partial charge in [0, 0.05) is 12.6 Å². The summed E-state index contributed by atoms with van der Waals surface area (Å²) in [6.45, 7) is 2.51. The van der Waals surface area contributed by atoms with Gasteiger partial charge in [-0.05, 0) is 24.1 Å². The number of aryl methyl sites for hydroxylation is 1. The third-order valence-electron chi connectivity index (χ3n) is 3.38. The van der Waals surface area contributed by atoms with Crippen LogP contribution >= 0.6 is 0 Å². The van der Waals surface area contributed by atoms with Crippen LogP contribution < -0.4 is 5.32 Å². The fourth-order valence-corrected chi connectivity index (χ4v) is 2.00. The lowest BCUT2D eigenvalue weighted by molar-refractivity contribution is -0.144. The van der Waals surface area contributed by atoms with E-state index in [9.17, 15) is 9.59 Å². The summed E-state index contributed by atoms with van der Waals surface area (Å²) < 4.78 is 5.17. The van der Waals surface area contributed by atoms with E-state index in [1.165, 1.54) is 6.08 Å². The second kappa shape index (κ2) is 9.30. The summed E-state index contributed by atoms with van der Waals surface area (Å²) in [5.74, 6) is -0.562. The normalized spacial score (nSPS) is 10.5. The van der Waals surface area contributed by atoms with Gasteiger partial charge in [0.1, 0.15) is 6.61 Å². The fraction of sp³-hybridized carbons (Fsp3) is 0.200. The number of benzene rings is 2. The second-order valence-corrected chi connectivity index (χ2v) is 5.43. The van der Waals surface area contributed by atoms with E-state index >= 15 is 0 Å². The zero-order valence-electron chi connectivity index (χ0n) is 13.7. The molecule has 4 heteroatoms. The van der Waals surface area contributed by atoms with Crippen LogP contribution in [0.5, 0.6) is 0 Å². The molecule has 0 fully saturated rings. The Morgan fingerprint density at radius 2 is 1.75 bits per heavy atom. The van der Waals surface area contributed by atoms with E-state index in [0.29, 0.717) is 0 Å². The summed E-state index contributed by atoms with van der Waals surface area (Å²) >= 11 is 0. The standard InChI is InChI=1S/C20H21NO3/c1-16-7-9-18(10-8-16)15-24-20(23)13-14-21-19(22)12-11-17-5-3-2-4-6-17/h2-12H,13-15H2,1H3,(H,21,22)/b12-11+. The lowest BCUT2D eigenvalue weighted by Gasteiger charge is -2.06. The number of esters is 1. The molecule has 2 aromatic carbocycles. The van der Waals surface area contributed by atoms with Gasteiger partial charge >= 0.3 is 5.97 Å². The van der Waals surface area contributed by atoms with Crippen molar-refractivity contribution in [1.82, 2.24) is 5.32 Å². The van der Waals surface area contributed by atoms with Crippen LogP contribution in [0.2, 0.25) is 0 Å². The van der Waals surface area contributed by atoms with Crippen molar-refractivity contribution in [3.8, 4) is 0 Å². The molecule has 2 aromatic rings. The smallest absolute Gasteiger partial charge is 0.307 e. The summed E-state index contributed by atoms with van der Waals surface area (Å²) in [5, 5.41) is 2.66. The average Bonchev–Trinajstić information content (AvgIpc) is 2.60. The van der Waals surface area contributed by atoms with Gasteiger partial charge in [0.15, 0.2) is 0 Å². The fourth-order valence-electron chi connectivity index (χ4n) is 2.00. The van der Waals surface area contributed by atoms with Crippen LogP contribution in [0.1, 0.15) is 23.1 Å². The van der Waals surface area contributed by atoms with E-state index in [-0.39, 0.29) is 31.4 Å². The molecule has 0 spiro atoms. The summed E-state index contributed by atoms with van der Waals surface area (Å²) in [5.41, 5.74) is 3.06. The maximum Gasteiger partial charge on any atom is 0.307 e. The molecular formula is C20H21NO3. The number of carbonyl (C=O) groups is 2. The zero-order chi connectivity index (χ0) is 17.2. The van der Waals surface area contributed by atoms with Crippen LogP contribution in [-0.4, -0.2) is 18.4 Å². The van der Waals surface area contributed by atoms with Gasteiger partial charge in [-0.1, -0.05) is 60.2 Å². The number of hydrogen-bond acceptors (Lipinski definition) is 3. The van der Waals surface area contributed by atoms with Gasteiger partial charge in [-0.2, -0.15) is 0 Å². The van der Waals surface area contributed by atoms with Crippen LogP contribution in [0.4, 0.5) is 0 Å². The Morgan fingerprint density at radius 1 is 1.04 bits per heavy atom. The number of hydrogen-bond donors (Lipinski definition) is 1. The van der Waals surface area contributed by atoms with Gasteiger partial charge in [-0.25, -0.2) is 0 Å². The molecule has 124 valence electrons. The molecule has 1 N–H and O–H groups in total. The maximum atomic E-state index is 11.7. The van der Waals surface area contributed by atoms with Crippen molar-refractivity contribution in [2.75, 3.05) is 6.54 Å². The van der Waals surface area contributed by atoms with Gasteiger partial charge < -0.3 is 10.1 Å². The summed E-state index contributed by atoms with van der Waals surface area (Å²) in [6, 6.07) is 17.4. The van der Waals surface area contributed by atoms with Crippen molar-refractivity contribution in [3.05, 3.63) is 77.4 Å². The van der Waals surface area contributed by atoms with Crippen molar-refractivity contribution < 1.29 is 14.3 Å². The zero-order valence-corrected chi connectivity index (χ0v) is 13.7. The Bertz CT molecular complexity index is 691. The van der Waals surface area contributed by atoms with Gasteiger partial charge in [0.2, 0.25) is 5.91 Å². The van der Waals surface area contributed by atoms with Crippen LogP contribution in [0.15, 0.2) is 60.7 Å². The SMILES string of the molecule is Cc1ccc(COC(=O)CCNC(=O)/C=C/c2ccccc2)cc1. The van der Waals surface area contributed by atoms with Crippen molar-refractivity contribution in [1.29, 1.82) is 0 Å². The Hall–Kier alpha value is -2.88. The molecule has 0 radical (unpaired) electrons. The average molecular weight is 323 g/mol. The van der Waals surface area contributed by atoms with Crippen molar-refractivity contribution in [2.45, 2.75) is 20.0 Å². The highest BCUT2D eigenvalue weighted by Crippen LogP contribution is 2.05. The molecule has 0 aliphatic rings. The van der Waals surface area contributed by atoms with E-state index in [4.69, 9.17) is 4.74 Å². The minimum absolute atomic E-state index is 0.150. The summed E-state index contributed by atoms with van der Waals surface area (Å²) in [4.78, 5) is 23.3. The van der Waals surface area contributed by atoms with E-state index < -0.39 is 0 Å². The molecular weight excluding hydrogens is 302 g/mol. The highest BCUT2D eigenvalue weighted by Gasteiger charge is 2.04. The van der Waals surface area contributed by atoms with Crippen molar-refractivity contribution in [2.24, 2.45) is 0 Å². The molecule has 2 rings (SSSR count). The monoisotopic (exact) mass is 323 g/mol. The second-order valence-electron chi connectivity index (χ2n) is 5.43. The molecule has 1 amide bonds. The Morgan fingerprint density at radius 3 is 2.46 bits per heavy atom. The highest BCUT2D eigenvalue weighted by atomic mass is 16.5. The molecule has 24 heavy (non-hydrogen) atoms. The van der Waals surface area contributed by atoms with Crippen LogP contribution in [0.3, 0.4) is 0 Å². The van der Waals surface area contributed by atoms with Crippen LogP contribution in [0.25, 0.3) is 6.08 Å². The Balaban J connectivity index is 1.64. The predicted octanol–water partition coefficient (Wildman–Crippen LogP) is 3.26. The lowest BCUT2D eigenvalue weighted by Crippen LogP contribution is -2.24. The van der Waals surface area contributed by atoms with Gasteiger partial charge in [-0.3, -0.25) is 9.59 Å². The van der Waals surface area contributed by atoms with Gasteiger partial charge in [0.25, 0.3) is 0 Å². The molecule has 0 heterocycles. The van der Waals surface area contributed by atoms with Crippen LogP contribution in [-0.2, 0) is 20.9 Å². The minimum Gasteiger partial charge on any atom is -0.461 e. The molecule has 0 atom stereocenters. The Labute approximate surface area is 142 Å². The topological polar surface area (TPSA) is 55.4 Å². The molecule has 0 saturated heterocycles. The molecule has 0 saturated carbocycles. The third kappa shape index (κ3) is 6.48. The molecule has 4 nitrogen and oxygen atoms in total. The first kappa shape index (κ1) is 17.5. The van der Waals surface area contributed by atoms with Gasteiger partial charge in [-0.15, -0.1) is 0 Å². The number of rotatable bonds is 7. The van der Waals surface area contributed by atoms with E-state index in [0.717, 1.165) is 16.7 Å². The first-order valence-corrected chi connectivity index (χ1v) is 7.85. The molecule has 0 bridgehead atoms. The number of nitrogens with one attached hydrogen (secondary N) is 1. The first-order valence-electron chi connectivity index (χ1n) is 7.85. The van der Waals surface area contributed by atoms with E-state index in [1.807, 2.05) is 61.5 Å². The molecule has 0 aliphatic heterocycles. The molecule has 0 aliphatic carbocycles. The largest absolute Gasteiger partial charge is 0.461 e. The molecule has 0 aromatic heterocycles. The summed E-state index contributed by atoms with van der Waals surface area (Å²) in [6.07, 6.45) is 3.33. The van der Waals surface area contributed by atoms with Gasteiger partial charge in [0.05, 0.1) is 6.42 Å².